The number of nitrogens with zero attached hydrogens (tertiary/aromatic N) is 1. The van der Waals surface area contributed by atoms with E-state index in [0.29, 0.717) is 30.5 Å². The van der Waals surface area contributed by atoms with E-state index in [9.17, 15) is 14.0 Å². The molecule has 0 saturated carbocycles. The number of Topliss-reactive ketones (excluding diaryl/α,β-unsaturated/α-hetero) is 1. The van der Waals surface area contributed by atoms with E-state index >= 15 is 0 Å². The van der Waals surface area contributed by atoms with E-state index in [4.69, 9.17) is 5.11 Å². The molecule has 0 bridgehead atoms. The number of piperidine rings is 1. The molecular formula is C13H14FNO3. The molecule has 2 rings (SSSR count). The molecular weight excluding hydrogens is 237 g/mol. The Morgan fingerprint density at radius 1 is 1.50 bits per heavy atom. The molecule has 5 heteroatoms. The van der Waals surface area contributed by atoms with Crippen molar-refractivity contribution in [3.05, 3.63) is 35.1 Å². The fraction of sp³-hybridized carbons (Fsp3) is 0.385. The van der Waals surface area contributed by atoms with E-state index in [0.717, 1.165) is 4.90 Å². The summed E-state index contributed by atoms with van der Waals surface area (Å²) in [5.74, 6) is -0.514. The molecule has 96 valence electrons. The van der Waals surface area contributed by atoms with Crippen molar-refractivity contribution in [1.82, 2.24) is 4.90 Å². The first kappa shape index (κ1) is 12.5. The number of hydrogen-bond donors (Lipinski definition) is 1. The number of rotatable bonds is 1. The average molecular weight is 251 g/mol. The van der Waals surface area contributed by atoms with Crippen molar-refractivity contribution in [2.24, 2.45) is 0 Å². The molecule has 0 spiro atoms. The van der Waals surface area contributed by atoms with Gasteiger partial charge >= 0.3 is 6.09 Å². The van der Waals surface area contributed by atoms with Crippen molar-refractivity contribution in [2.75, 3.05) is 6.54 Å². The maximum absolute atomic E-state index is 13.1. The highest BCUT2D eigenvalue weighted by atomic mass is 19.1. The van der Waals surface area contributed by atoms with Crippen LogP contribution in [0.25, 0.3) is 0 Å². The molecule has 1 saturated heterocycles. The van der Waals surface area contributed by atoms with Crippen molar-refractivity contribution < 1.29 is 19.1 Å². The zero-order valence-electron chi connectivity index (χ0n) is 10.0. The summed E-state index contributed by atoms with van der Waals surface area (Å²) in [4.78, 5) is 24.2. The summed E-state index contributed by atoms with van der Waals surface area (Å²) in [5, 5.41) is 9.13. The van der Waals surface area contributed by atoms with Gasteiger partial charge in [0.1, 0.15) is 11.9 Å². The Morgan fingerprint density at radius 2 is 2.22 bits per heavy atom. The predicted molar refractivity (Wildman–Crippen MR) is 62.8 cm³/mol. The number of amides is 1. The topological polar surface area (TPSA) is 57.6 Å². The van der Waals surface area contributed by atoms with Crippen molar-refractivity contribution in [3.8, 4) is 0 Å². The van der Waals surface area contributed by atoms with Crippen LogP contribution in [0.1, 0.15) is 30.0 Å². The average Bonchev–Trinajstić information content (AvgIpc) is 2.29. The van der Waals surface area contributed by atoms with Crippen LogP contribution in [-0.2, 0) is 4.79 Å². The predicted octanol–water partition coefficient (Wildman–Crippen LogP) is 2.52. The highest BCUT2D eigenvalue weighted by Crippen LogP contribution is 2.30. The van der Waals surface area contributed by atoms with Crippen LogP contribution in [0.2, 0.25) is 0 Å². The first-order valence-electron chi connectivity index (χ1n) is 5.79. The molecule has 4 nitrogen and oxygen atoms in total. The van der Waals surface area contributed by atoms with Crippen molar-refractivity contribution in [1.29, 1.82) is 0 Å². The van der Waals surface area contributed by atoms with Gasteiger partial charge in [0.05, 0.1) is 0 Å². The third-order valence-corrected chi connectivity index (χ3v) is 3.21. The van der Waals surface area contributed by atoms with Gasteiger partial charge in [0.15, 0.2) is 5.78 Å². The third kappa shape index (κ3) is 2.20. The van der Waals surface area contributed by atoms with Crippen molar-refractivity contribution >= 4 is 11.9 Å². The second-order valence-electron chi connectivity index (χ2n) is 4.45. The molecule has 1 amide bonds. The molecule has 1 aromatic rings. The van der Waals surface area contributed by atoms with E-state index in [1.165, 1.54) is 18.2 Å². The fourth-order valence-corrected chi connectivity index (χ4v) is 2.36. The van der Waals surface area contributed by atoms with E-state index < -0.39 is 12.1 Å². The number of carbonyl (C=O) groups excluding carboxylic acids is 1. The molecule has 0 aromatic heterocycles. The van der Waals surface area contributed by atoms with Gasteiger partial charge in [-0.05, 0) is 36.6 Å². The number of hydrogen-bond acceptors (Lipinski definition) is 2. The van der Waals surface area contributed by atoms with E-state index in [1.54, 1.807) is 6.92 Å². The van der Waals surface area contributed by atoms with Crippen LogP contribution in [0.15, 0.2) is 18.2 Å². The number of likely N-dealkylation sites (tertiary alicyclic amines) is 1. The summed E-state index contributed by atoms with van der Waals surface area (Å²) < 4.78 is 13.1. The molecule has 18 heavy (non-hydrogen) atoms. The smallest absolute Gasteiger partial charge is 0.408 e. The van der Waals surface area contributed by atoms with Gasteiger partial charge in [0, 0.05) is 13.0 Å². The number of halogens is 1. The van der Waals surface area contributed by atoms with Gasteiger partial charge in [-0.25, -0.2) is 9.18 Å². The number of carbonyl (C=O) groups is 2. The molecule has 1 atom stereocenters. The third-order valence-electron chi connectivity index (χ3n) is 3.21. The number of ketones is 1. The molecule has 1 fully saturated rings. The van der Waals surface area contributed by atoms with E-state index in [-0.39, 0.29) is 11.6 Å². The molecule has 0 radical (unpaired) electrons. The molecule has 1 N–H and O–H groups in total. The highest BCUT2D eigenvalue weighted by molar-refractivity contribution is 5.89. The summed E-state index contributed by atoms with van der Waals surface area (Å²) in [6, 6.07) is 3.27. The van der Waals surface area contributed by atoms with Gasteiger partial charge in [-0.15, -0.1) is 0 Å². The zero-order valence-corrected chi connectivity index (χ0v) is 10.0. The maximum atomic E-state index is 13.1. The minimum Gasteiger partial charge on any atom is -0.465 e. The molecule has 1 heterocycles. The van der Waals surface area contributed by atoms with Gasteiger partial charge < -0.3 is 5.11 Å². The molecule has 1 aliphatic heterocycles. The van der Waals surface area contributed by atoms with Gasteiger partial charge in [-0.1, -0.05) is 6.07 Å². The van der Waals surface area contributed by atoms with Gasteiger partial charge in [0.25, 0.3) is 0 Å². The van der Waals surface area contributed by atoms with Crippen LogP contribution < -0.4 is 0 Å². The monoisotopic (exact) mass is 251 g/mol. The highest BCUT2D eigenvalue weighted by Gasteiger charge is 2.34. The number of carboxylic acid groups (broad SMARTS) is 1. The maximum Gasteiger partial charge on any atom is 0.408 e. The quantitative estimate of drug-likeness (QED) is 0.834. The summed E-state index contributed by atoms with van der Waals surface area (Å²) in [6.45, 7) is 2.02. The Bertz CT molecular complexity index is 501. The minimum absolute atomic E-state index is 0.127. The normalized spacial score (nSPS) is 20.0. The number of benzene rings is 1. The van der Waals surface area contributed by atoms with Crippen LogP contribution in [0, 0.1) is 12.7 Å². The minimum atomic E-state index is -1.11. The molecule has 1 aliphatic rings. The standard InChI is InChI=1S/C13H14FNO3/c1-8-7-9(14)4-5-10(8)12-11(16)3-2-6-15(12)13(17)18/h4-5,7,12H,2-3,6H2,1H3,(H,17,18)/t12-/m1/s1. The molecule has 0 aliphatic carbocycles. The molecule has 0 unspecified atom stereocenters. The second-order valence-corrected chi connectivity index (χ2v) is 4.45. The Hall–Kier alpha value is -1.91. The lowest BCUT2D eigenvalue weighted by Crippen LogP contribution is -2.42. The largest absolute Gasteiger partial charge is 0.465 e. The van der Waals surface area contributed by atoms with Gasteiger partial charge in [-0.3, -0.25) is 9.69 Å². The summed E-state index contributed by atoms with van der Waals surface area (Å²) in [5.41, 5.74) is 1.17. The Kier molecular flexibility index (Phi) is 3.32. The van der Waals surface area contributed by atoms with Crippen LogP contribution >= 0.6 is 0 Å². The van der Waals surface area contributed by atoms with Crippen LogP contribution in [-0.4, -0.2) is 28.4 Å². The molecule has 1 aromatic carbocycles. The summed E-state index contributed by atoms with van der Waals surface area (Å²) in [7, 11) is 0. The van der Waals surface area contributed by atoms with Crippen LogP contribution in [0.4, 0.5) is 9.18 Å². The fourth-order valence-electron chi connectivity index (χ4n) is 2.36. The Labute approximate surface area is 104 Å². The SMILES string of the molecule is Cc1cc(F)ccc1[C@@H]1C(=O)CCCN1C(=O)O. The summed E-state index contributed by atoms with van der Waals surface area (Å²) in [6.07, 6.45) is -0.204. The first-order valence-corrected chi connectivity index (χ1v) is 5.79. The lowest BCUT2D eigenvalue weighted by Gasteiger charge is -2.33. The zero-order chi connectivity index (χ0) is 13.3. The first-order chi connectivity index (χ1) is 8.50. The van der Waals surface area contributed by atoms with Gasteiger partial charge in [0.2, 0.25) is 0 Å². The number of aryl methyl sites for hydroxylation is 1. The Morgan fingerprint density at radius 3 is 2.83 bits per heavy atom. The van der Waals surface area contributed by atoms with Crippen LogP contribution in [0.5, 0.6) is 0 Å². The second kappa shape index (κ2) is 4.76. The summed E-state index contributed by atoms with van der Waals surface area (Å²) >= 11 is 0. The Balaban J connectivity index is 2.43. The lowest BCUT2D eigenvalue weighted by atomic mass is 9.91. The van der Waals surface area contributed by atoms with E-state index in [1.807, 2.05) is 0 Å². The van der Waals surface area contributed by atoms with Gasteiger partial charge in [-0.2, -0.15) is 0 Å². The lowest BCUT2D eigenvalue weighted by molar-refractivity contribution is -0.126. The van der Waals surface area contributed by atoms with Crippen molar-refractivity contribution in [3.63, 3.8) is 0 Å². The van der Waals surface area contributed by atoms with Crippen LogP contribution in [0.3, 0.4) is 0 Å². The van der Waals surface area contributed by atoms with Crippen molar-refractivity contribution in [2.45, 2.75) is 25.8 Å². The van der Waals surface area contributed by atoms with E-state index in [2.05, 4.69) is 0 Å².